The average molecular weight is 556 g/mol. The number of hydrogen-bond acceptors (Lipinski definition) is 8. The summed E-state index contributed by atoms with van der Waals surface area (Å²) in [6, 6.07) is 11.0. The summed E-state index contributed by atoms with van der Waals surface area (Å²) in [5.74, 6) is -0.0250. The Morgan fingerprint density at radius 2 is 1.88 bits per heavy atom. The quantitative estimate of drug-likeness (QED) is 0.381. The van der Waals surface area contributed by atoms with E-state index in [2.05, 4.69) is 42.8 Å². The van der Waals surface area contributed by atoms with Crippen molar-refractivity contribution in [3.8, 4) is 5.75 Å². The van der Waals surface area contributed by atoms with Crippen LogP contribution < -0.4 is 25.6 Å². The van der Waals surface area contributed by atoms with Crippen LogP contribution in [0.1, 0.15) is 30.5 Å². The van der Waals surface area contributed by atoms with Crippen molar-refractivity contribution in [2.45, 2.75) is 32.0 Å². The van der Waals surface area contributed by atoms with Gasteiger partial charge in [-0.25, -0.2) is 4.98 Å². The van der Waals surface area contributed by atoms with E-state index in [0.717, 1.165) is 43.6 Å². The van der Waals surface area contributed by atoms with Crippen molar-refractivity contribution in [1.29, 1.82) is 0 Å². The molecule has 212 valence electrons. The van der Waals surface area contributed by atoms with E-state index in [9.17, 15) is 18.0 Å². The number of aromatic nitrogens is 2. The number of alkyl halides is 3. The third-order valence-corrected chi connectivity index (χ3v) is 7.43. The Labute approximate surface area is 230 Å². The first-order valence-corrected chi connectivity index (χ1v) is 13.0. The highest BCUT2D eigenvalue weighted by Gasteiger charge is 2.40. The molecule has 1 amide bonds. The van der Waals surface area contributed by atoms with Crippen LogP contribution in [0.5, 0.6) is 5.75 Å². The van der Waals surface area contributed by atoms with Crippen molar-refractivity contribution in [2.75, 3.05) is 61.2 Å². The summed E-state index contributed by atoms with van der Waals surface area (Å²) in [6.07, 6.45) is -3.91. The number of hydrogen-bond donors (Lipinski definition) is 3. The summed E-state index contributed by atoms with van der Waals surface area (Å²) >= 11 is 0. The Balaban J connectivity index is 1.40. The van der Waals surface area contributed by atoms with E-state index in [-0.39, 0.29) is 24.2 Å². The Morgan fingerprint density at radius 3 is 2.58 bits per heavy atom. The number of carbonyl (C=O) groups is 1. The zero-order valence-corrected chi connectivity index (χ0v) is 22.8. The predicted octanol–water partition coefficient (Wildman–Crippen LogP) is 4.84. The second-order valence-corrected chi connectivity index (χ2v) is 10.5. The Kier molecular flexibility index (Phi) is 7.21. The van der Waals surface area contributed by atoms with Crippen LogP contribution in [0, 0.1) is 0 Å². The number of halogens is 3. The van der Waals surface area contributed by atoms with Crippen molar-refractivity contribution >= 4 is 34.7 Å². The molecule has 9 nitrogen and oxygen atoms in total. The highest BCUT2D eigenvalue weighted by Crippen LogP contribution is 2.41. The number of methoxy groups -OCH3 is 1. The van der Waals surface area contributed by atoms with Gasteiger partial charge in [-0.15, -0.1) is 0 Å². The largest absolute Gasteiger partial charge is 0.494 e. The molecule has 0 atom stereocenters. The molecule has 2 aromatic carbocycles. The molecular weight excluding hydrogens is 523 g/mol. The molecule has 1 aromatic heterocycles. The number of amides is 1. The number of likely N-dealkylation sites (N-methyl/N-ethyl adjacent to an activating group) is 1. The number of rotatable bonds is 7. The summed E-state index contributed by atoms with van der Waals surface area (Å²) in [5.41, 5.74) is 1.82. The zero-order chi connectivity index (χ0) is 28.7. The number of nitrogens with one attached hydrogen (secondary N) is 3. The van der Waals surface area contributed by atoms with Gasteiger partial charge in [-0.3, -0.25) is 4.79 Å². The van der Waals surface area contributed by atoms with E-state index < -0.39 is 17.2 Å². The molecule has 3 heterocycles. The van der Waals surface area contributed by atoms with E-state index in [1.54, 1.807) is 38.1 Å². The highest BCUT2D eigenvalue weighted by molar-refractivity contribution is 6.06. The molecule has 40 heavy (non-hydrogen) atoms. The molecule has 3 aromatic rings. The minimum Gasteiger partial charge on any atom is -0.494 e. The first kappa shape index (κ1) is 27.5. The number of ether oxygens (including phenoxy) is 1. The van der Waals surface area contributed by atoms with Crippen LogP contribution >= 0.6 is 0 Å². The zero-order valence-electron chi connectivity index (χ0n) is 22.8. The first-order valence-electron chi connectivity index (χ1n) is 13.0. The monoisotopic (exact) mass is 555 g/mol. The lowest BCUT2D eigenvalue weighted by molar-refractivity contribution is -0.137. The van der Waals surface area contributed by atoms with Gasteiger partial charge in [-0.2, -0.15) is 18.2 Å². The van der Waals surface area contributed by atoms with Crippen LogP contribution in [0.25, 0.3) is 0 Å². The fourth-order valence-electron chi connectivity index (χ4n) is 5.11. The van der Waals surface area contributed by atoms with Crippen molar-refractivity contribution < 1.29 is 22.7 Å². The predicted molar refractivity (Wildman–Crippen MR) is 148 cm³/mol. The highest BCUT2D eigenvalue weighted by atomic mass is 19.4. The van der Waals surface area contributed by atoms with Gasteiger partial charge < -0.3 is 30.5 Å². The normalized spacial score (nSPS) is 16.9. The molecule has 0 aliphatic carbocycles. The third kappa shape index (κ3) is 5.35. The minimum absolute atomic E-state index is 0.0170. The summed E-state index contributed by atoms with van der Waals surface area (Å²) in [7, 11) is 3.62. The third-order valence-electron chi connectivity index (χ3n) is 7.43. The number of nitrogens with zero attached hydrogens (tertiary/aromatic N) is 4. The Bertz CT molecular complexity index is 1420. The first-order chi connectivity index (χ1) is 19.0. The smallest absolute Gasteiger partial charge is 0.421 e. The van der Waals surface area contributed by atoms with Gasteiger partial charge in [-0.1, -0.05) is 12.1 Å². The maximum atomic E-state index is 13.9. The number of benzene rings is 2. The van der Waals surface area contributed by atoms with Crippen molar-refractivity contribution in [2.24, 2.45) is 0 Å². The lowest BCUT2D eigenvalue weighted by Crippen LogP contribution is -2.44. The summed E-state index contributed by atoms with van der Waals surface area (Å²) in [6.45, 7) is 7.28. The van der Waals surface area contributed by atoms with Crippen LogP contribution in [-0.2, 0) is 22.9 Å². The van der Waals surface area contributed by atoms with Crippen LogP contribution in [0.15, 0.2) is 42.6 Å². The molecule has 1 saturated heterocycles. The molecular formula is C28H32F3N7O2. The number of piperazine rings is 1. The molecule has 2 aliphatic heterocycles. The molecule has 12 heteroatoms. The summed E-state index contributed by atoms with van der Waals surface area (Å²) < 4.78 is 47.2. The SMILES string of the molecule is COc1cc(N2CCN(C)CC2)ccc1Nc1ncc(C(F)(F)F)c(NCc2cccc3c2C(C)(C)C(=O)N3)n1. The minimum atomic E-state index is -4.67. The van der Waals surface area contributed by atoms with Crippen LogP contribution in [0.3, 0.4) is 0 Å². The van der Waals surface area contributed by atoms with E-state index >= 15 is 0 Å². The fraction of sp³-hybridized carbons (Fsp3) is 0.393. The molecule has 0 radical (unpaired) electrons. The van der Waals surface area contributed by atoms with Crippen LogP contribution in [-0.4, -0.2) is 61.1 Å². The molecule has 0 unspecified atom stereocenters. The molecule has 0 bridgehead atoms. The maximum Gasteiger partial charge on any atom is 0.421 e. The molecule has 3 N–H and O–H groups in total. The van der Waals surface area contributed by atoms with Gasteiger partial charge >= 0.3 is 6.18 Å². The Hall–Kier alpha value is -4.06. The van der Waals surface area contributed by atoms with Crippen LogP contribution in [0.2, 0.25) is 0 Å². The Morgan fingerprint density at radius 1 is 1.12 bits per heavy atom. The summed E-state index contributed by atoms with van der Waals surface area (Å²) in [4.78, 5) is 25.1. The second-order valence-electron chi connectivity index (χ2n) is 10.5. The van der Waals surface area contributed by atoms with Gasteiger partial charge in [0, 0.05) is 56.4 Å². The fourth-order valence-corrected chi connectivity index (χ4v) is 5.11. The van der Waals surface area contributed by atoms with Crippen molar-refractivity contribution in [3.63, 3.8) is 0 Å². The average Bonchev–Trinajstić information content (AvgIpc) is 3.15. The second kappa shape index (κ2) is 10.5. The number of fused-ring (bicyclic) bond motifs is 1. The van der Waals surface area contributed by atoms with E-state index in [4.69, 9.17) is 4.74 Å². The van der Waals surface area contributed by atoms with Gasteiger partial charge in [0.1, 0.15) is 17.1 Å². The standard InChI is InChI=1S/C28H32F3N7O2/c1-27(2)23-17(6-5-7-21(23)34-25(27)39)15-32-24-19(28(29,30)31)16-33-26(36-24)35-20-9-8-18(14-22(20)40-4)38-12-10-37(3)11-13-38/h5-9,14,16H,10-13,15H2,1-4H3,(H,34,39)(H2,32,33,35,36). The van der Waals surface area contributed by atoms with Gasteiger partial charge in [-0.05, 0) is 50.2 Å². The molecule has 2 aliphatic rings. The van der Waals surface area contributed by atoms with Gasteiger partial charge in [0.05, 0.1) is 18.2 Å². The molecule has 1 fully saturated rings. The molecule has 0 saturated carbocycles. The van der Waals surface area contributed by atoms with Gasteiger partial charge in [0.15, 0.2) is 0 Å². The maximum absolute atomic E-state index is 13.9. The number of anilines is 5. The topological polar surface area (TPSA) is 94.7 Å². The molecule has 5 rings (SSSR count). The lowest BCUT2D eigenvalue weighted by Gasteiger charge is -2.34. The van der Waals surface area contributed by atoms with Gasteiger partial charge in [0.2, 0.25) is 11.9 Å². The van der Waals surface area contributed by atoms with Crippen molar-refractivity contribution in [3.05, 3.63) is 59.3 Å². The summed E-state index contributed by atoms with van der Waals surface area (Å²) in [5, 5.41) is 8.68. The van der Waals surface area contributed by atoms with E-state index in [0.29, 0.717) is 22.7 Å². The van der Waals surface area contributed by atoms with E-state index in [1.165, 1.54) is 7.11 Å². The van der Waals surface area contributed by atoms with Crippen LogP contribution in [0.4, 0.5) is 42.0 Å². The van der Waals surface area contributed by atoms with Crippen molar-refractivity contribution in [1.82, 2.24) is 14.9 Å². The van der Waals surface area contributed by atoms with E-state index in [1.807, 2.05) is 12.1 Å². The lowest BCUT2D eigenvalue weighted by atomic mass is 9.83. The molecule has 0 spiro atoms. The van der Waals surface area contributed by atoms with Gasteiger partial charge in [0.25, 0.3) is 0 Å². The number of carbonyl (C=O) groups excluding carboxylic acids is 1.